The molecule has 1 atom stereocenters. The second-order valence-electron chi connectivity index (χ2n) is 5.90. The monoisotopic (exact) mass is 359 g/mol. The quantitative estimate of drug-likeness (QED) is 0.592. The first-order valence-electron chi connectivity index (χ1n) is 8.30. The van der Waals surface area contributed by atoms with Crippen LogP contribution in [0.4, 0.5) is 0 Å². The predicted octanol–water partition coefficient (Wildman–Crippen LogP) is -0.785. The number of rotatable bonds is 7. The summed E-state index contributed by atoms with van der Waals surface area (Å²) in [5.41, 5.74) is 0.974. The molecule has 138 valence electrons. The number of methoxy groups -OCH3 is 1. The van der Waals surface area contributed by atoms with Crippen molar-refractivity contribution in [3.8, 4) is 5.75 Å². The molecule has 1 aromatic carbocycles. The van der Waals surface area contributed by atoms with Crippen molar-refractivity contribution in [2.75, 3.05) is 20.2 Å². The predicted molar refractivity (Wildman–Crippen MR) is 90.8 cm³/mol. The molecule has 0 radical (unpaired) electrons. The lowest BCUT2D eigenvalue weighted by Gasteiger charge is -2.35. The van der Waals surface area contributed by atoms with Crippen molar-refractivity contribution in [1.82, 2.24) is 36.2 Å². The SMILES string of the molecule is COc1ccccc1CN1CCNC(=O)[C@@H]1CC(=O)NCc1nn[nH]n1. The number of hydrogen-bond acceptors (Lipinski definition) is 7. The molecule has 0 saturated carbocycles. The van der Waals surface area contributed by atoms with Gasteiger partial charge in [-0.05, 0) is 6.07 Å². The first kappa shape index (κ1) is 17.8. The van der Waals surface area contributed by atoms with E-state index in [0.717, 1.165) is 11.3 Å². The number of carbonyl (C=O) groups excluding carboxylic acids is 2. The zero-order valence-electron chi connectivity index (χ0n) is 14.4. The van der Waals surface area contributed by atoms with Crippen molar-refractivity contribution in [3.63, 3.8) is 0 Å². The Morgan fingerprint density at radius 3 is 3.04 bits per heavy atom. The maximum Gasteiger partial charge on any atom is 0.237 e. The lowest BCUT2D eigenvalue weighted by Crippen LogP contribution is -2.56. The molecule has 0 bridgehead atoms. The Hall–Kier alpha value is -3.01. The molecule has 2 amide bonds. The van der Waals surface area contributed by atoms with Crippen molar-refractivity contribution in [1.29, 1.82) is 0 Å². The highest BCUT2D eigenvalue weighted by molar-refractivity contribution is 5.88. The molecule has 2 aromatic rings. The molecule has 10 nitrogen and oxygen atoms in total. The van der Waals surface area contributed by atoms with E-state index >= 15 is 0 Å². The Balaban J connectivity index is 1.64. The van der Waals surface area contributed by atoms with Crippen LogP contribution in [-0.4, -0.2) is 63.6 Å². The van der Waals surface area contributed by atoms with E-state index in [1.165, 1.54) is 0 Å². The minimum absolute atomic E-state index is 0.0544. The first-order chi connectivity index (χ1) is 12.7. The van der Waals surface area contributed by atoms with Gasteiger partial charge >= 0.3 is 0 Å². The Morgan fingerprint density at radius 2 is 2.27 bits per heavy atom. The fourth-order valence-electron chi connectivity index (χ4n) is 2.91. The molecule has 26 heavy (non-hydrogen) atoms. The van der Waals surface area contributed by atoms with E-state index in [0.29, 0.717) is 25.5 Å². The third-order valence-corrected chi connectivity index (χ3v) is 4.22. The van der Waals surface area contributed by atoms with Crippen LogP contribution in [-0.2, 0) is 22.7 Å². The average Bonchev–Trinajstić information content (AvgIpc) is 3.17. The van der Waals surface area contributed by atoms with Crippen molar-refractivity contribution in [2.24, 2.45) is 0 Å². The van der Waals surface area contributed by atoms with Crippen LogP contribution in [0.1, 0.15) is 17.8 Å². The zero-order chi connectivity index (χ0) is 18.4. The minimum atomic E-state index is -0.543. The number of carbonyl (C=O) groups is 2. The van der Waals surface area contributed by atoms with Gasteiger partial charge in [0.2, 0.25) is 11.8 Å². The van der Waals surface area contributed by atoms with Gasteiger partial charge in [0, 0.05) is 25.2 Å². The molecular weight excluding hydrogens is 338 g/mol. The summed E-state index contributed by atoms with van der Waals surface area (Å²) in [7, 11) is 1.62. The van der Waals surface area contributed by atoms with Crippen LogP contribution in [0, 0.1) is 0 Å². The van der Waals surface area contributed by atoms with Gasteiger partial charge in [0.25, 0.3) is 0 Å². The molecule has 1 aliphatic rings. The summed E-state index contributed by atoms with van der Waals surface area (Å²) in [6.45, 7) is 1.90. The maximum absolute atomic E-state index is 12.3. The Labute approximate surface area is 150 Å². The molecule has 1 saturated heterocycles. The molecular formula is C16H21N7O3. The van der Waals surface area contributed by atoms with E-state index in [-0.39, 0.29) is 24.8 Å². The van der Waals surface area contributed by atoms with Gasteiger partial charge in [-0.25, -0.2) is 0 Å². The largest absolute Gasteiger partial charge is 0.496 e. The standard InChI is InChI=1S/C16H21N7O3/c1-26-13-5-3-2-4-11(13)10-23-7-6-17-16(25)12(23)8-15(24)18-9-14-19-21-22-20-14/h2-5,12H,6-10H2,1H3,(H,17,25)(H,18,24)(H,19,20,21,22)/t12-/m0/s1. The number of nitrogens with one attached hydrogen (secondary N) is 3. The molecule has 3 rings (SSSR count). The number of amides is 2. The van der Waals surface area contributed by atoms with Crippen molar-refractivity contribution < 1.29 is 14.3 Å². The number of nitrogens with zero attached hydrogens (tertiary/aromatic N) is 4. The Bertz CT molecular complexity index is 750. The lowest BCUT2D eigenvalue weighted by molar-refractivity contribution is -0.134. The second-order valence-corrected chi connectivity index (χ2v) is 5.90. The van der Waals surface area contributed by atoms with Crippen LogP contribution in [0.3, 0.4) is 0 Å². The van der Waals surface area contributed by atoms with Crippen LogP contribution in [0.25, 0.3) is 0 Å². The molecule has 2 heterocycles. The molecule has 0 spiro atoms. The minimum Gasteiger partial charge on any atom is -0.496 e. The second kappa shape index (κ2) is 8.39. The van der Waals surface area contributed by atoms with Gasteiger partial charge in [-0.3, -0.25) is 14.5 Å². The molecule has 3 N–H and O–H groups in total. The fraction of sp³-hybridized carbons (Fsp3) is 0.438. The van der Waals surface area contributed by atoms with E-state index in [1.807, 2.05) is 29.2 Å². The molecule has 1 aliphatic heterocycles. The number of para-hydroxylation sites is 1. The van der Waals surface area contributed by atoms with Crippen molar-refractivity contribution >= 4 is 11.8 Å². The van der Waals surface area contributed by atoms with Crippen LogP contribution >= 0.6 is 0 Å². The smallest absolute Gasteiger partial charge is 0.237 e. The van der Waals surface area contributed by atoms with E-state index in [4.69, 9.17) is 4.74 Å². The maximum atomic E-state index is 12.3. The number of ether oxygens (including phenoxy) is 1. The average molecular weight is 359 g/mol. The lowest BCUT2D eigenvalue weighted by atomic mass is 10.1. The van der Waals surface area contributed by atoms with E-state index < -0.39 is 6.04 Å². The highest BCUT2D eigenvalue weighted by atomic mass is 16.5. The zero-order valence-corrected chi connectivity index (χ0v) is 14.4. The third kappa shape index (κ3) is 4.33. The molecule has 1 aromatic heterocycles. The van der Waals surface area contributed by atoms with Crippen molar-refractivity contribution in [3.05, 3.63) is 35.7 Å². The van der Waals surface area contributed by atoms with Gasteiger partial charge in [0.05, 0.1) is 26.1 Å². The van der Waals surface area contributed by atoms with Crippen LogP contribution < -0.4 is 15.4 Å². The number of aromatic amines is 1. The normalized spacial score (nSPS) is 17.6. The third-order valence-electron chi connectivity index (χ3n) is 4.22. The fourth-order valence-corrected chi connectivity index (χ4v) is 2.91. The number of H-pyrrole nitrogens is 1. The summed E-state index contributed by atoms with van der Waals surface area (Å²) in [6.07, 6.45) is 0.0544. The van der Waals surface area contributed by atoms with Gasteiger partial charge in [0.15, 0.2) is 5.82 Å². The van der Waals surface area contributed by atoms with Crippen molar-refractivity contribution in [2.45, 2.75) is 25.6 Å². The van der Waals surface area contributed by atoms with E-state index in [2.05, 4.69) is 31.3 Å². The topological polar surface area (TPSA) is 125 Å². The van der Waals surface area contributed by atoms with Crippen LogP contribution in [0.2, 0.25) is 0 Å². The summed E-state index contributed by atoms with van der Waals surface area (Å²) < 4.78 is 5.38. The Morgan fingerprint density at radius 1 is 1.42 bits per heavy atom. The molecule has 0 unspecified atom stereocenters. The number of hydrogen-bond donors (Lipinski definition) is 3. The molecule has 1 fully saturated rings. The van der Waals surface area contributed by atoms with Gasteiger partial charge in [0.1, 0.15) is 5.75 Å². The first-order valence-corrected chi connectivity index (χ1v) is 8.30. The molecule has 0 aliphatic carbocycles. The summed E-state index contributed by atoms with van der Waals surface area (Å²) in [5, 5.41) is 18.8. The summed E-state index contributed by atoms with van der Waals surface area (Å²) in [4.78, 5) is 26.5. The van der Waals surface area contributed by atoms with Crippen LogP contribution in [0.5, 0.6) is 5.75 Å². The number of aromatic nitrogens is 4. The number of tetrazole rings is 1. The van der Waals surface area contributed by atoms with Gasteiger partial charge in [-0.1, -0.05) is 23.4 Å². The van der Waals surface area contributed by atoms with Gasteiger partial charge < -0.3 is 15.4 Å². The van der Waals surface area contributed by atoms with Gasteiger partial charge in [-0.2, -0.15) is 5.21 Å². The highest BCUT2D eigenvalue weighted by Gasteiger charge is 2.32. The van der Waals surface area contributed by atoms with Gasteiger partial charge in [-0.15, -0.1) is 10.2 Å². The summed E-state index contributed by atoms with van der Waals surface area (Å²) >= 11 is 0. The highest BCUT2D eigenvalue weighted by Crippen LogP contribution is 2.21. The summed E-state index contributed by atoms with van der Waals surface area (Å²) in [6, 6.07) is 7.12. The number of benzene rings is 1. The summed E-state index contributed by atoms with van der Waals surface area (Å²) in [5.74, 6) is 0.749. The molecule has 10 heteroatoms. The van der Waals surface area contributed by atoms with E-state index in [1.54, 1.807) is 7.11 Å². The van der Waals surface area contributed by atoms with E-state index in [9.17, 15) is 9.59 Å². The van der Waals surface area contributed by atoms with Crippen LogP contribution in [0.15, 0.2) is 24.3 Å². The Kier molecular flexibility index (Phi) is 5.74. The number of piperazine rings is 1.